The van der Waals surface area contributed by atoms with Crippen LogP contribution in [-0.2, 0) is 4.84 Å². The van der Waals surface area contributed by atoms with Crippen LogP contribution in [0.4, 0.5) is 13.2 Å². The van der Waals surface area contributed by atoms with E-state index in [4.69, 9.17) is 5.11 Å². The molecule has 1 aliphatic heterocycles. The largest absolute Gasteiger partial charge is 0.494 e. The molecule has 0 aromatic rings. The molecule has 1 atom stereocenters. The number of nitrogens with zero attached hydrogens (tertiary/aromatic N) is 1. The maximum Gasteiger partial charge on any atom is 0.435 e. The van der Waals surface area contributed by atoms with Crippen LogP contribution in [-0.4, -0.2) is 22.8 Å². The average Bonchev–Trinajstić information content (AvgIpc) is 2.61. The van der Waals surface area contributed by atoms with E-state index >= 15 is 0 Å². The van der Waals surface area contributed by atoms with Crippen LogP contribution in [0, 0.1) is 0 Å². The van der Waals surface area contributed by atoms with Crippen LogP contribution in [0.15, 0.2) is 41.6 Å². The molecule has 17 heavy (non-hydrogen) atoms. The maximum absolute atomic E-state index is 13.1. The van der Waals surface area contributed by atoms with Gasteiger partial charge in [-0.05, 0) is 6.92 Å². The normalized spacial score (nSPS) is 25.9. The molecule has 0 spiro atoms. The summed E-state index contributed by atoms with van der Waals surface area (Å²) in [5.41, 5.74) is -2.78. The monoisotopic (exact) mass is 247 g/mol. The van der Waals surface area contributed by atoms with Crippen LogP contribution in [0.3, 0.4) is 0 Å². The first-order chi connectivity index (χ1) is 7.87. The Bertz CT molecular complexity index is 396. The van der Waals surface area contributed by atoms with Gasteiger partial charge in [-0.2, -0.15) is 13.2 Å². The van der Waals surface area contributed by atoms with Gasteiger partial charge < -0.3 is 9.94 Å². The predicted octanol–water partition coefficient (Wildman–Crippen LogP) is 3.27. The zero-order valence-corrected chi connectivity index (χ0v) is 9.16. The third-order valence-electron chi connectivity index (χ3n) is 2.28. The molecule has 1 heterocycles. The van der Waals surface area contributed by atoms with Gasteiger partial charge in [-0.15, -0.1) is 0 Å². The van der Waals surface area contributed by atoms with Crippen molar-refractivity contribution in [3.8, 4) is 0 Å². The van der Waals surface area contributed by atoms with E-state index in [9.17, 15) is 13.2 Å². The number of rotatable bonds is 3. The van der Waals surface area contributed by atoms with Crippen molar-refractivity contribution in [3.63, 3.8) is 0 Å². The van der Waals surface area contributed by atoms with Gasteiger partial charge in [0.2, 0.25) is 5.90 Å². The molecule has 94 valence electrons. The minimum Gasteiger partial charge on any atom is -0.494 e. The second kappa shape index (κ2) is 4.65. The quantitative estimate of drug-likeness (QED) is 0.777. The van der Waals surface area contributed by atoms with Gasteiger partial charge in [0.15, 0.2) is 0 Å². The molecule has 6 heteroatoms. The fraction of sp³-hybridized carbons (Fsp3) is 0.364. The van der Waals surface area contributed by atoms with Crippen LogP contribution in [0.2, 0.25) is 0 Å². The predicted molar refractivity (Wildman–Crippen MR) is 57.6 cm³/mol. The van der Waals surface area contributed by atoms with Gasteiger partial charge in [0, 0.05) is 5.57 Å². The Labute approximate surface area is 96.6 Å². The van der Waals surface area contributed by atoms with Gasteiger partial charge in [0.1, 0.15) is 0 Å². The van der Waals surface area contributed by atoms with Gasteiger partial charge in [-0.25, -0.2) is 0 Å². The lowest BCUT2D eigenvalue weighted by Gasteiger charge is -2.29. The van der Waals surface area contributed by atoms with Crippen LogP contribution in [0.5, 0.6) is 0 Å². The first-order valence-corrected chi connectivity index (χ1v) is 4.84. The summed E-state index contributed by atoms with van der Waals surface area (Å²) in [6.45, 7) is 4.93. The molecule has 0 radical (unpaired) electrons. The molecule has 0 amide bonds. The first-order valence-electron chi connectivity index (χ1n) is 4.84. The fourth-order valence-corrected chi connectivity index (χ4v) is 1.52. The van der Waals surface area contributed by atoms with Gasteiger partial charge >= 0.3 is 6.18 Å². The number of aliphatic hydroxyl groups is 1. The smallest absolute Gasteiger partial charge is 0.435 e. The van der Waals surface area contributed by atoms with Gasteiger partial charge in [-0.3, -0.25) is 0 Å². The van der Waals surface area contributed by atoms with Crippen LogP contribution in [0.1, 0.15) is 13.3 Å². The molecule has 0 aromatic heterocycles. The van der Waals surface area contributed by atoms with Crippen LogP contribution in [0.25, 0.3) is 0 Å². The van der Waals surface area contributed by atoms with Gasteiger partial charge in [-0.1, -0.05) is 36.0 Å². The van der Waals surface area contributed by atoms with Crippen LogP contribution < -0.4 is 0 Å². The van der Waals surface area contributed by atoms with Crippen molar-refractivity contribution in [2.45, 2.75) is 25.1 Å². The highest BCUT2D eigenvalue weighted by Gasteiger charge is 2.62. The third-order valence-corrected chi connectivity index (χ3v) is 2.28. The van der Waals surface area contributed by atoms with E-state index in [0.717, 1.165) is 0 Å². The minimum absolute atomic E-state index is 0.157. The topological polar surface area (TPSA) is 41.8 Å². The molecule has 0 aliphatic carbocycles. The first kappa shape index (κ1) is 13.3. The highest BCUT2D eigenvalue weighted by atomic mass is 19.4. The Balaban J connectivity index is 3.25. The Kier molecular flexibility index (Phi) is 3.65. The van der Waals surface area contributed by atoms with E-state index in [2.05, 4.69) is 16.6 Å². The molecule has 1 aliphatic rings. The highest BCUT2D eigenvalue weighted by molar-refractivity contribution is 5.77. The number of allylic oxidation sites excluding steroid dienone is 3. The second-order valence-electron chi connectivity index (χ2n) is 3.46. The Morgan fingerprint density at radius 1 is 1.59 bits per heavy atom. The zero-order valence-electron chi connectivity index (χ0n) is 9.16. The van der Waals surface area contributed by atoms with Crippen molar-refractivity contribution in [1.29, 1.82) is 0 Å². The van der Waals surface area contributed by atoms with Crippen molar-refractivity contribution in [2.75, 3.05) is 0 Å². The summed E-state index contributed by atoms with van der Waals surface area (Å²) in [5.74, 6) is -0.679. The summed E-state index contributed by atoms with van der Waals surface area (Å²) in [6, 6.07) is 0. The number of alkyl halides is 3. The van der Waals surface area contributed by atoms with E-state index in [-0.39, 0.29) is 5.57 Å². The van der Waals surface area contributed by atoms with Crippen molar-refractivity contribution in [2.24, 2.45) is 5.16 Å². The molecule has 0 fully saturated rings. The lowest BCUT2D eigenvalue weighted by atomic mass is 9.88. The molecule has 0 saturated carbocycles. The SMILES string of the molecule is C=C/C=C(\C=C/C)C1(C(F)(F)F)CC(O)=NO1. The third kappa shape index (κ3) is 2.35. The number of hydrogen-bond donors (Lipinski definition) is 1. The van der Waals surface area contributed by atoms with E-state index in [1.54, 1.807) is 6.92 Å². The van der Waals surface area contributed by atoms with E-state index in [1.165, 1.54) is 24.3 Å². The fourth-order valence-electron chi connectivity index (χ4n) is 1.52. The van der Waals surface area contributed by atoms with E-state index in [1.807, 2.05) is 0 Å². The average molecular weight is 247 g/mol. The Hall–Kier alpha value is -1.72. The molecule has 0 bridgehead atoms. The van der Waals surface area contributed by atoms with Crippen molar-refractivity contribution in [3.05, 3.63) is 36.5 Å². The molecular formula is C11H12F3NO2. The molecule has 1 N–H and O–H groups in total. The molecule has 1 rings (SSSR count). The molecule has 3 nitrogen and oxygen atoms in total. The number of hydrogen-bond acceptors (Lipinski definition) is 2. The lowest BCUT2D eigenvalue weighted by Crippen LogP contribution is -2.46. The van der Waals surface area contributed by atoms with Crippen molar-refractivity contribution >= 4 is 5.90 Å². The number of oxime groups is 1. The lowest BCUT2D eigenvalue weighted by molar-refractivity contribution is -0.251. The summed E-state index contributed by atoms with van der Waals surface area (Å²) in [7, 11) is 0. The maximum atomic E-state index is 13.1. The molecule has 0 aromatic carbocycles. The van der Waals surface area contributed by atoms with Crippen molar-refractivity contribution in [1.82, 2.24) is 0 Å². The summed E-state index contributed by atoms with van der Waals surface area (Å²) in [6.07, 6.45) is -0.316. The summed E-state index contributed by atoms with van der Waals surface area (Å²) in [4.78, 5) is 4.43. The van der Waals surface area contributed by atoms with E-state index in [0.29, 0.717) is 0 Å². The second-order valence-corrected chi connectivity index (χ2v) is 3.46. The molecular weight excluding hydrogens is 235 g/mol. The summed E-state index contributed by atoms with van der Waals surface area (Å²) < 4.78 is 39.2. The summed E-state index contributed by atoms with van der Waals surface area (Å²) >= 11 is 0. The van der Waals surface area contributed by atoms with Gasteiger partial charge in [0.25, 0.3) is 5.60 Å². The minimum atomic E-state index is -4.69. The van der Waals surface area contributed by atoms with Gasteiger partial charge in [0.05, 0.1) is 6.42 Å². The Morgan fingerprint density at radius 2 is 2.24 bits per heavy atom. The number of aliphatic hydroxyl groups excluding tert-OH is 1. The highest BCUT2D eigenvalue weighted by Crippen LogP contribution is 2.45. The molecule has 1 unspecified atom stereocenters. The standard InChI is InChI=1S/C11H12F3NO2/c1-3-5-8(6-4-2)10(11(12,13)14)7-9(16)15-17-10/h3-6H,1,7H2,2H3,(H,15,16)/b6-4-,8-5+. The Morgan fingerprint density at radius 3 is 2.59 bits per heavy atom. The number of halogens is 3. The zero-order chi connectivity index (χ0) is 13.1. The molecule has 0 saturated heterocycles. The van der Waals surface area contributed by atoms with Crippen molar-refractivity contribution < 1.29 is 23.1 Å². The van der Waals surface area contributed by atoms with Crippen LogP contribution >= 0.6 is 0 Å². The summed E-state index contributed by atoms with van der Waals surface area (Å²) in [5, 5.41) is 12.0. The van der Waals surface area contributed by atoms with E-state index < -0.39 is 24.1 Å².